The normalized spacial score (nSPS) is 12.4. The molecule has 0 spiro atoms. The highest BCUT2D eigenvalue weighted by Crippen LogP contribution is 2.33. The van der Waals surface area contributed by atoms with Gasteiger partial charge in [0.15, 0.2) is 11.7 Å². The second-order valence-corrected chi connectivity index (χ2v) is 9.11. The molecule has 1 atom stereocenters. The first-order valence-electron chi connectivity index (χ1n) is 9.04. The molecular formula is C20H21ClN4O2S2. The Labute approximate surface area is 182 Å². The Morgan fingerprint density at radius 2 is 1.97 bits per heavy atom. The maximum atomic E-state index is 13.4. The number of benzene rings is 1. The molecule has 152 valence electrons. The van der Waals surface area contributed by atoms with E-state index in [-0.39, 0.29) is 11.6 Å². The molecule has 1 N–H and O–H groups in total. The third-order valence-electron chi connectivity index (χ3n) is 4.57. The van der Waals surface area contributed by atoms with Crippen molar-refractivity contribution in [3.05, 3.63) is 62.8 Å². The van der Waals surface area contributed by atoms with Crippen LogP contribution in [0.5, 0.6) is 0 Å². The van der Waals surface area contributed by atoms with E-state index in [1.165, 1.54) is 16.2 Å². The van der Waals surface area contributed by atoms with Crippen LogP contribution in [0.15, 0.2) is 47.2 Å². The number of thiophene rings is 1. The number of hydrogen-bond donors (Lipinski definition) is 1. The topological polar surface area (TPSA) is 75.2 Å². The minimum absolute atomic E-state index is 0.189. The molecule has 2 aromatic heterocycles. The molecule has 0 saturated heterocycles. The van der Waals surface area contributed by atoms with Gasteiger partial charge in [0.1, 0.15) is 0 Å². The Balaban J connectivity index is 2.10. The molecule has 0 aliphatic rings. The van der Waals surface area contributed by atoms with Crippen LogP contribution < -0.4 is 10.2 Å². The molecule has 0 unspecified atom stereocenters. The zero-order valence-corrected chi connectivity index (χ0v) is 18.6. The standard InChI is InChI=1S/C20H21ClN4O2S2/c1-4-20(2,3)22-18(26)17(16-6-5-11-28-16)25(14-9-7-13(21)8-10-14)19(27)15-12-29-24-23-15/h5-12,17H,4H2,1-3H3,(H,22,26)/t17-/m0/s1. The summed E-state index contributed by atoms with van der Waals surface area (Å²) in [4.78, 5) is 29.0. The van der Waals surface area contributed by atoms with Gasteiger partial charge in [-0.25, -0.2) is 0 Å². The van der Waals surface area contributed by atoms with Crippen LogP contribution in [0.4, 0.5) is 5.69 Å². The van der Waals surface area contributed by atoms with E-state index in [1.807, 2.05) is 38.3 Å². The van der Waals surface area contributed by atoms with Crippen molar-refractivity contribution in [2.24, 2.45) is 0 Å². The van der Waals surface area contributed by atoms with Gasteiger partial charge in [-0.05, 0) is 67.5 Å². The van der Waals surface area contributed by atoms with E-state index in [0.717, 1.165) is 22.8 Å². The minimum atomic E-state index is -0.851. The molecule has 0 aliphatic carbocycles. The lowest BCUT2D eigenvalue weighted by Crippen LogP contribution is -2.50. The lowest BCUT2D eigenvalue weighted by atomic mass is 10.0. The van der Waals surface area contributed by atoms with Gasteiger partial charge in [0.05, 0.1) is 0 Å². The van der Waals surface area contributed by atoms with E-state index in [2.05, 4.69) is 14.9 Å². The molecule has 0 fully saturated rings. The number of hydrogen-bond acceptors (Lipinski definition) is 6. The Morgan fingerprint density at radius 1 is 1.24 bits per heavy atom. The zero-order valence-electron chi connectivity index (χ0n) is 16.3. The molecule has 0 radical (unpaired) electrons. The van der Waals surface area contributed by atoms with Crippen LogP contribution in [0.2, 0.25) is 5.02 Å². The molecule has 0 saturated carbocycles. The van der Waals surface area contributed by atoms with Crippen LogP contribution in [0, 0.1) is 0 Å². The van der Waals surface area contributed by atoms with Crippen molar-refractivity contribution in [3.63, 3.8) is 0 Å². The quantitative estimate of drug-likeness (QED) is 0.555. The molecule has 2 amide bonds. The average Bonchev–Trinajstić information content (AvgIpc) is 3.40. The van der Waals surface area contributed by atoms with Crippen LogP contribution in [-0.2, 0) is 4.79 Å². The number of nitrogens with one attached hydrogen (secondary N) is 1. The first-order chi connectivity index (χ1) is 13.8. The van der Waals surface area contributed by atoms with Crippen molar-refractivity contribution in [2.45, 2.75) is 38.8 Å². The first kappa shape index (κ1) is 21.4. The molecule has 1 aromatic carbocycles. The smallest absolute Gasteiger partial charge is 0.280 e. The molecule has 3 aromatic rings. The molecule has 0 aliphatic heterocycles. The van der Waals surface area contributed by atoms with E-state index < -0.39 is 17.5 Å². The highest BCUT2D eigenvalue weighted by molar-refractivity contribution is 7.10. The number of halogens is 1. The van der Waals surface area contributed by atoms with Crippen molar-refractivity contribution < 1.29 is 9.59 Å². The number of rotatable bonds is 7. The first-order valence-corrected chi connectivity index (χ1v) is 11.1. The Morgan fingerprint density at radius 3 is 2.52 bits per heavy atom. The molecule has 0 bridgehead atoms. The molecule has 6 nitrogen and oxygen atoms in total. The van der Waals surface area contributed by atoms with Gasteiger partial charge in [-0.3, -0.25) is 14.5 Å². The van der Waals surface area contributed by atoms with Crippen LogP contribution >= 0.6 is 34.5 Å². The molecule has 3 rings (SSSR count). The third kappa shape index (κ3) is 5.01. The van der Waals surface area contributed by atoms with Crippen molar-refractivity contribution in [1.29, 1.82) is 0 Å². The van der Waals surface area contributed by atoms with Crippen molar-refractivity contribution in [2.75, 3.05) is 4.90 Å². The summed E-state index contributed by atoms with van der Waals surface area (Å²) in [7, 11) is 0. The lowest BCUT2D eigenvalue weighted by Gasteiger charge is -2.33. The summed E-state index contributed by atoms with van der Waals surface area (Å²) in [6, 6.07) is 9.68. The molecule has 9 heteroatoms. The van der Waals surface area contributed by atoms with Crippen LogP contribution in [0.1, 0.15) is 48.6 Å². The lowest BCUT2D eigenvalue weighted by molar-refractivity contribution is -0.124. The fraction of sp³-hybridized carbons (Fsp3) is 0.300. The number of aromatic nitrogens is 2. The number of nitrogens with zero attached hydrogens (tertiary/aromatic N) is 3. The Bertz CT molecular complexity index is 957. The molecular weight excluding hydrogens is 428 g/mol. The number of anilines is 1. The zero-order chi connectivity index (χ0) is 21.0. The van der Waals surface area contributed by atoms with Crippen molar-refractivity contribution >= 4 is 52.0 Å². The Kier molecular flexibility index (Phi) is 6.66. The van der Waals surface area contributed by atoms with E-state index in [1.54, 1.807) is 29.6 Å². The van der Waals surface area contributed by atoms with Crippen LogP contribution in [0.25, 0.3) is 0 Å². The van der Waals surface area contributed by atoms with Gasteiger partial charge < -0.3 is 5.32 Å². The Hall–Kier alpha value is -2.29. The van der Waals surface area contributed by atoms with Gasteiger partial charge in [-0.2, -0.15) is 0 Å². The van der Waals surface area contributed by atoms with E-state index in [0.29, 0.717) is 10.7 Å². The molecule has 29 heavy (non-hydrogen) atoms. The number of carbonyl (C=O) groups excluding carboxylic acids is 2. The second-order valence-electron chi connectivity index (χ2n) is 7.09. The number of amides is 2. The van der Waals surface area contributed by atoms with Crippen molar-refractivity contribution in [1.82, 2.24) is 14.9 Å². The average molecular weight is 449 g/mol. The minimum Gasteiger partial charge on any atom is -0.349 e. The highest BCUT2D eigenvalue weighted by Gasteiger charge is 2.36. The fourth-order valence-electron chi connectivity index (χ4n) is 2.68. The van der Waals surface area contributed by atoms with Gasteiger partial charge >= 0.3 is 0 Å². The largest absolute Gasteiger partial charge is 0.349 e. The van der Waals surface area contributed by atoms with Gasteiger partial charge in [0.2, 0.25) is 5.91 Å². The second kappa shape index (κ2) is 9.02. The predicted octanol–water partition coefficient (Wildman–Crippen LogP) is 4.95. The van der Waals surface area contributed by atoms with E-state index in [4.69, 9.17) is 11.6 Å². The van der Waals surface area contributed by atoms with E-state index in [9.17, 15) is 9.59 Å². The van der Waals surface area contributed by atoms with Gasteiger partial charge in [-0.1, -0.05) is 29.1 Å². The third-order valence-corrected chi connectivity index (χ3v) is 6.25. The van der Waals surface area contributed by atoms with Gasteiger partial charge in [0.25, 0.3) is 5.91 Å². The summed E-state index contributed by atoms with van der Waals surface area (Å²) < 4.78 is 3.80. The summed E-state index contributed by atoms with van der Waals surface area (Å²) in [5.74, 6) is -0.658. The predicted molar refractivity (Wildman–Crippen MR) is 118 cm³/mol. The highest BCUT2D eigenvalue weighted by atomic mass is 35.5. The molecule has 2 heterocycles. The van der Waals surface area contributed by atoms with Crippen LogP contribution in [-0.4, -0.2) is 26.9 Å². The van der Waals surface area contributed by atoms with Crippen LogP contribution in [0.3, 0.4) is 0 Å². The summed E-state index contributed by atoms with van der Waals surface area (Å²) >= 11 is 8.55. The summed E-state index contributed by atoms with van der Waals surface area (Å²) in [5, 5.41) is 11.0. The summed E-state index contributed by atoms with van der Waals surface area (Å²) in [5.41, 5.74) is 0.327. The maximum Gasteiger partial charge on any atom is 0.280 e. The summed E-state index contributed by atoms with van der Waals surface area (Å²) in [6.45, 7) is 5.91. The summed E-state index contributed by atoms with van der Waals surface area (Å²) in [6.07, 6.45) is 0.751. The monoisotopic (exact) mass is 448 g/mol. The fourth-order valence-corrected chi connectivity index (χ4v) is 4.05. The maximum absolute atomic E-state index is 13.4. The van der Waals surface area contributed by atoms with Gasteiger partial charge in [0, 0.05) is 26.5 Å². The SMILES string of the molecule is CCC(C)(C)NC(=O)[C@H](c1cccs1)N(C(=O)c1csnn1)c1ccc(Cl)cc1. The van der Waals surface area contributed by atoms with Crippen molar-refractivity contribution in [3.8, 4) is 0 Å². The van der Waals surface area contributed by atoms with E-state index >= 15 is 0 Å². The van der Waals surface area contributed by atoms with Gasteiger partial charge in [-0.15, -0.1) is 16.4 Å². The number of carbonyl (C=O) groups is 2.